The Kier molecular flexibility index (Phi) is 4.57. The van der Waals surface area contributed by atoms with Crippen molar-refractivity contribution in [3.63, 3.8) is 0 Å². The minimum atomic E-state index is -0.611. The summed E-state index contributed by atoms with van der Waals surface area (Å²) in [7, 11) is 0. The molecule has 0 spiro atoms. The van der Waals surface area contributed by atoms with Crippen LogP contribution in [0.1, 0.15) is 5.56 Å². The van der Waals surface area contributed by atoms with Crippen LogP contribution in [0, 0.1) is 17.1 Å². The highest BCUT2D eigenvalue weighted by atomic mass is 127. The van der Waals surface area contributed by atoms with Crippen LogP contribution >= 0.6 is 40.0 Å². The molecule has 0 aliphatic heterocycles. The van der Waals surface area contributed by atoms with Crippen molar-refractivity contribution in [3.8, 4) is 17.6 Å². The monoisotopic (exact) mass is 460 g/mol. The zero-order valence-corrected chi connectivity index (χ0v) is 15.3. The van der Waals surface area contributed by atoms with Gasteiger partial charge < -0.3 is 10.5 Å². The molecule has 23 heavy (non-hydrogen) atoms. The van der Waals surface area contributed by atoms with E-state index in [2.05, 4.69) is 27.1 Å². The SMILES string of the molecule is N#Cc1cccc(Oc2c(Cl)c(F)cc3c2cnn3PI)c1N. The molecule has 2 aromatic carbocycles. The molecule has 5 nitrogen and oxygen atoms in total. The van der Waals surface area contributed by atoms with Crippen molar-refractivity contribution in [1.82, 2.24) is 9.55 Å². The predicted molar refractivity (Wildman–Crippen MR) is 98.1 cm³/mol. The van der Waals surface area contributed by atoms with E-state index in [1.807, 2.05) is 6.07 Å². The first kappa shape index (κ1) is 16.2. The second kappa shape index (κ2) is 6.48. The topological polar surface area (TPSA) is 76.9 Å². The van der Waals surface area contributed by atoms with Gasteiger partial charge >= 0.3 is 0 Å². The van der Waals surface area contributed by atoms with Crippen molar-refractivity contribution < 1.29 is 9.13 Å². The molecule has 3 aromatic rings. The highest BCUT2D eigenvalue weighted by molar-refractivity contribution is 14.2. The Balaban J connectivity index is 2.19. The Bertz CT molecular complexity index is 956. The van der Waals surface area contributed by atoms with Gasteiger partial charge in [-0.05, 0) is 34.2 Å². The molecule has 116 valence electrons. The first-order valence-electron chi connectivity index (χ1n) is 6.25. The van der Waals surface area contributed by atoms with Crippen LogP contribution in [0.5, 0.6) is 11.5 Å². The molecule has 0 radical (unpaired) electrons. The molecule has 0 aliphatic carbocycles. The Morgan fingerprint density at radius 2 is 2.26 bits per heavy atom. The third-order valence-electron chi connectivity index (χ3n) is 3.20. The second-order valence-electron chi connectivity index (χ2n) is 4.51. The van der Waals surface area contributed by atoms with E-state index >= 15 is 0 Å². The maximum absolute atomic E-state index is 14.1. The van der Waals surface area contributed by atoms with Gasteiger partial charge in [-0.15, -0.1) is 0 Å². The number of rotatable bonds is 3. The van der Waals surface area contributed by atoms with E-state index in [0.29, 0.717) is 17.3 Å². The molecule has 3 rings (SSSR count). The molecule has 1 heterocycles. The third-order valence-corrected chi connectivity index (χ3v) is 5.44. The minimum Gasteiger partial charge on any atom is -0.453 e. The number of nitrogen functional groups attached to an aromatic ring is 1. The third kappa shape index (κ3) is 2.82. The van der Waals surface area contributed by atoms with Crippen LogP contribution in [0.15, 0.2) is 30.5 Å². The number of aromatic nitrogens is 2. The molecule has 1 aromatic heterocycles. The number of para-hydroxylation sites is 1. The fourth-order valence-electron chi connectivity index (χ4n) is 2.09. The number of halogens is 3. The fourth-order valence-corrected chi connectivity index (χ4v) is 3.82. The van der Waals surface area contributed by atoms with Crippen molar-refractivity contribution in [2.45, 2.75) is 0 Å². The lowest BCUT2D eigenvalue weighted by Crippen LogP contribution is -1.97. The number of hydrogen-bond acceptors (Lipinski definition) is 4. The number of anilines is 1. The number of nitriles is 1. The van der Waals surface area contributed by atoms with Crippen molar-refractivity contribution in [2.75, 3.05) is 5.73 Å². The zero-order chi connectivity index (χ0) is 16.6. The van der Waals surface area contributed by atoms with Crippen LogP contribution in [0.2, 0.25) is 5.02 Å². The molecule has 1 atom stereocenters. The van der Waals surface area contributed by atoms with Gasteiger partial charge in [0.2, 0.25) is 0 Å². The van der Waals surface area contributed by atoms with Gasteiger partial charge in [-0.1, -0.05) is 17.7 Å². The second-order valence-corrected chi connectivity index (χ2v) is 6.92. The molecular weight excluding hydrogens is 453 g/mol. The minimum absolute atomic E-state index is 0.129. The molecule has 0 saturated carbocycles. The zero-order valence-electron chi connectivity index (χ0n) is 11.3. The quantitative estimate of drug-likeness (QED) is 0.344. The van der Waals surface area contributed by atoms with Crippen LogP contribution in [0.25, 0.3) is 10.9 Å². The number of nitrogens with two attached hydrogens (primary N) is 1. The maximum atomic E-state index is 14.1. The summed E-state index contributed by atoms with van der Waals surface area (Å²) in [5.41, 5.74) is 6.92. The van der Waals surface area contributed by atoms with Gasteiger partial charge in [0.15, 0.2) is 11.5 Å². The number of benzene rings is 2. The lowest BCUT2D eigenvalue weighted by molar-refractivity contribution is 0.485. The molecule has 9 heteroatoms. The summed E-state index contributed by atoms with van der Waals surface area (Å²) in [5.74, 6) is -0.243. The molecule has 0 fully saturated rings. The van der Waals surface area contributed by atoms with E-state index in [0.717, 1.165) is 0 Å². The summed E-state index contributed by atoms with van der Waals surface area (Å²) in [4.78, 5) is 0. The number of fused-ring (bicyclic) bond motifs is 1. The van der Waals surface area contributed by atoms with Gasteiger partial charge in [0.25, 0.3) is 0 Å². The van der Waals surface area contributed by atoms with E-state index in [-0.39, 0.29) is 27.8 Å². The highest BCUT2D eigenvalue weighted by Gasteiger charge is 2.19. The van der Waals surface area contributed by atoms with E-state index in [9.17, 15) is 4.39 Å². The Morgan fingerprint density at radius 1 is 1.48 bits per heavy atom. The first-order chi connectivity index (χ1) is 11.1. The van der Waals surface area contributed by atoms with E-state index in [1.54, 1.807) is 28.8 Å². The normalized spacial score (nSPS) is 11.2. The first-order valence-corrected chi connectivity index (χ1v) is 10.7. The van der Waals surface area contributed by atoms with Crippen molar-refractivity contribution in [1.29, 1.82) is 5.26 Å². The van der Waals surface area contributed by atoms with E-state index < -0.39 is 5.82 Å². The largest absolute Gasteiger partial charge is 0.453 e. The Morgan fingerprint density at radius 3 is 2.96 bits per heavy atom. The molecular formula is C14H8ClFIN4OP. The standard InChI is InChI=1S/C14H8ClFIN4OP/c15-12-9(16)4-10-8(6-20-21(10)23-17)14(12)22-11-3-1-2-7(5-18)13(11)19/h1-4,6,23H,19H2. The van der Waals surface area contributed by atoms with Crippen molar-refractivity contribution in [2.24, 2.45) is 0 Å². The summed E-state index contributed by atoms with van der Waals surface area (Å²) >= 11 is 8.20. The molecule has 0 amide bonds. The number of nitrogens with zero attached hydrogens (tertiary/aromatic N) is 3. The van der Waals surface area contributed by atoms with Crippen LogP contribution in [-0.2, 0) is 0 Å². The average molecular weight is 461 g/mol. The number of hydrogen-bond donors (Lipinski definition) is 1. The number of ether oxygens (including phenoxy) is 1. The molecule has 0 saturated heterocycles. The highest BCUT2D eigenvalue weighted by Crippen LogP contribution is 2.42. The molecule has 0 bridgehead atoms. The Labute approximate surface area is 150 Å². The average Bonchev–Trinajstić information content (AvgIpc) is 2.95. The predicted octanol–water partition coefficient (Wildman–Crippen LogP) is 4.87. The van der Waals surface area contributed by atoms with E-state index in [1.165, 1.54) is 6.07 Å². The molecule has 0 aliphatic rings. The van der Waals surface area contributed by atoms with Gasteiger partial charge in [-0.3, -0.25) is 0 Å². The fraction of sp³-hybridized carbons (Fsp3) is 0. The van der Waals surface area contributed by atoms with Gasteiger partial charge in [-0.25, -0.2) is 8.84 Å². The van der Waals surface area contributed by atoms with Gasteiger partial charge in [-0.2, -0.15) is 10.4 Å². The van der Waals surface area contributed by atoms with Crippen LogP contribution in [-0.4, -0.2) is 9.55 Å². The summed E-state index contributed by atoms with van der Waals surface area (Å²) in [6, 6.07) is 8.08. The summed E-state index contributed by atoms with van der Waals surface area (Å²) in [5, 5.41) is 13.6. The summed E-state index contributed by atoms with van der Waals surface area (Å²) < 4.78 is 21.5. The van der Waals surface area contributed by atoms with Crippen molar-refractivity contribution >= 4 is 56.6 Å². The van der Waals surface area contributed by atoms with E-state index in [4.69, 9.17) is 27.3 Å². The lowest BCUT2D eigenvalue weighted by Gasteiger charge is -2.12. The molecule has 2 N–H and O–H groups in total. The van der Waals surface area contributed by atoms with Crippen LogP contribution in [0.3, 0.4) is 0 Å². The molecule has 1 unspecified atom stereocenters. The van der Waals surface area contributed by atoms with Gasteiger partial charge in [0, 0.05) is 6.07 Å². The van der Waals surface area contributed by atoms with Gasteiger partial charge in [0.1, 0.15) is 16.9 Å². The van der Waals surface area contributed by atoms with Gasteiger partial charge in [0.05, 0.1) is 34.7 Å². The maximum Gasteiger partial charge on any atom is 0.160 e. The van der Waals surface area contributed by atoms with Crippen LogP contribution in [0.4, 0.5) is 10.1 Å². The summed E-state index contributed by atoms with van der Waals surface area (Å²) in [6.07, 6.45) is 1.87. The summed E-state index contributed by atoms with van der Waals surface area (Å²) in [6.45, 7) is 0. The lowest BCUT2D eigenvalue weighted by atomic mass is 10.2. The Hall–Kier alpha value is -1.62. The smallest absolute Gasteiger partial charge is 0.160 e. The van der Waals surface area contributed by atoms with Crippen LogP contribution < -0.4 is 10.5 Å². The van der Waals surface area contributed by atoms with Crippen molar-refractivity contribution in [3.05, 3.63) is 46.9 Å².